The Bertz CT molecular complexity index is 816. The number of nitro groups is 1. The smallest absolute Gasteiger partial charge is 0.273 e. The number of nitrogens with one attached hydrogen (secondary N) is 1. The highest BCUT2D eigenvalue weighted by molar-refractivity contribution is 5.96. The first-order valence-electron chi connectivity index (χ1n) is 8.68. The first-order valence-corrected chi connectivity index (χ1v) is 8.68. The van der Waals surface area contributed by atoms with Gasteiger partial charge in [0.2, 0.25) is 0 Å². The van der Waals surface area contributed by atoms with Gasteiger partial charge in [-0.05, 0) is 44.8 Å². The molecule has 0 unspecified atom stereocenters. The van der Waals surface area contributed by atoms with Gasteiger partial charge < -0.3 is 15.1 Å². The number of carbonyl (C=O) groups is 1. The molecule has 0 aliphatic carbocycles. The molecular weight excluding hydrogens is 344 g/mol. The number of nitrogens with zero attached hydrogens (tertiary/aromatic N) is 3. The normalized spacial score (nSPS) is 11.9. The molecule has 0 aliphatic rings. The summed E-state index contributed by atoms with van der Waals surface area (Å²) in [4.78, 5) is 27.3. The molecule has 144 valence electrons. The Hall–Kier alpha value is -2.93. The summed E-state index contributed by atoms with van der Waals surface area (Å²) in [6, 6.07) is 12.7. The largest absolute Gasteiger partial charge is 0.378 e. The van der Waals surface area contributed by atoms with Crippen molar-refractivity contribution in [3.05, 3.63) is 69.3 Å². The molecule has 1 atom stereocenters. The second-order valence-electron chi connectivity index (χ2n) is 6.88. The van der Waals surface area contributed by atoms with Gasteiger partial charge in [0.05, 0.1) is 11.0 Å². The summed E-state index contributed by atoms with van der Waals surface area (Å²) in [6.45, 7) is 1.99. The van der Waals surface area contributed by atoms with Crippen LogP contribution < -0.4 is 10.2 Å². The minimum atomic E-state index is -0.471. The van der Waals surface area contributed by atoms with Crippen molar-refractivity contribution in [2.45, 2.75) is 13.0 Å². The number of nitro benzene ring substituents is 1. The zero-order valence-corrected chi connectivity index (χ0v) is 16.4. The van der Waals surface area contributed by atoms with E-state index in [-0.39, 0.29) is 17.6 Å². The minimum Gasteiger partial charge on any atom is -0.378 e. The molecule has 0 saturated heterocycles. The molecule has 0 heterocycles. The maximum Gasteiger partial charge on any atom is 0.273 e. The number of anilines is 1. The van der Waals surface area contributed by atoms with Gasteiger partial charge in [0, 0.05) is 43.5 Å². The molecule has 0 fully saturated rings. The fourth-order valence-electron chi connectivity index (χ4n) is 2.95. The average molecular weight is 370 g/mol. The Kier molecular flexibility index (Phi) is 6.52. The Morgan fingerprint density at radius 2 is 1.74 bits per heavy atom. The molecule has 0 bridgehead atoms. The molecular formula is C20H26N4O3. The molecule has 0 aromatic heterocycles. The third kappa shape index (κ3) is 4.83. The molecule has 0 spiro atoms. The van der Waals surface area contributed by atoms with Gasteiger partial charge in [0.25, 0.3) is 11.6 Å². The fraction of sp³-hybridized carbons (Fsp3) is 0.350. The molecule has 2 rings (SSSR count). The molecule has 0 aliphatic heterocycles. The molecule has 7 heteroatoms. The summed E-state index contributed by atoms with van der Waals surface area (Å²) in [5.74, 6) is -0.312. The van der Waals surface area contributed by atoms with Gasteiger partial charge in [-0.15, -0.1) is 0 Å². The lowest BCUT2D eigenvalue weighted by Crippen LogP contribution is -2.34. The van der Waals surface area contributed by atoms with E-state index in [0.29, 0.717) is 17.7 Å². The molecule has 27 heavy (non-hydrogen) atoms. The predicted molar refractivity (Wildman–Crippen MR) is 107 cm³/mol. The SMILES string of the molecule is Cc1c(C(=O)NC[C@@H](c2ccc(N(C)C)cc2)N(C)C)cccc1[N+](=O)[O-]. The molecule has 2 aromatic carbocycles. The molecule has 7 nitrogen and oxygen atoms in total. The number of benzene rings is 2. The molecule has 0 radical (unpaired) electrons. The Morgan fingerprint density at radius 1 is 1.11 bits per heavy atom. The number of rotatable bonds is 7. The third-order valence-electron chi connectivity index (χ3n) is 4.62. The lowest BCUT2D eigenvalue weighted by atomic mass is 10.0. The van der Waals surface area contributed by atoms with Gasteiger partial charge >= 0.3 is 0 Å². The van der Waals surface area contributed by atoms with Crippen LogP contribution in [0.3, 0.4) is 0 Å². The second-order valence-corrected chi connectivity index (χ2v) is 6.88. The number of amides is 1. The van der Waals surface area contributed by atoms with Crippen molar-refractivity contribution < 1.29 is 9.72 Å². The first kappa shape index (κ1) is 20.4. The van der Waals surface area contributed by atoms with Crippen molar-refractivity contribution in [3.63, 3.8) is 0 Å². The van der Waals surface area contributed by atoms with Crippen molar-refractivity contribution in [2.24, 2.45) is 0 Å². The minimum absolute atomic E-state index is 0.0100. The van der Waals surface area contributed by atoms with Crippen LogP contribution in [0.5, 0.6) is 0 Å². The highest BCUT2D eigenvalue weighted by atomic mass is 16.6. The van der Waals surface area contributed by atoms with Crippen LogP contribution in [-0.4, -0.2) is 50.5 Å². The van der Waals surface area contributed by atoms with E-state index >= 15 is 0 Å². The van der Waals surface area contributed by atoms with Gasteiger partial charge in [-0.3, -0.25) is 14.9 Å². The number of likely N-dealkylation sites (N-methyl/N-ethyl adjacent to an activating group) is 1. The van der Waals surface area contributed by atoms with Crippen LogP contribution in [0.1, 0.15) is 27.5 Å². The maximum absolute atomic E-state index is 12.6. The van der Waals surface area contributed by atoms with Crippen LogP contribution in [0.15, 0.2) is 42.5 Å². The van der Waals surface area contributed by atoms with E-state index in [1.807, 2.05) is 62.3 Å². The lowest BCUT2D eigenvalue weighted by molar-refractivity contribution is -0.385. The van der Waals surface area contributed by atoms with Gasteiger partial charge in [-0.1, -0.05) is 18.2 Å². The van der Waals surface area contributed by atoms with E-state index in [1.165, 1.54) is 12.1 Å². The van der Waals surface area contributed by atoms with Crippen molar-refractivity contribution in [2.75, 3.05) is 39.6 Å². The lowest BCUT2D eigenvalue weighted by Gasteiger charge is -2.26. The van der Waals surface area contributed by atoms with Crippen molar-refractivity contribution in [1.29, 1.82) is 0 Å². The maximum atomic E-state index is 12.6. The van der Waals surface area contributed by atoms with Crippen LogP contribution >= 0.6 is 0 Å². The van der Waals surface area contributed by atoms with E-state index in [2.05, 4.69) is 5.32 Å². The van der Waals surface area contributed by atoms with E-state index in [1.54, 1.807) is 13.0 Å². The Labute approximate surface area is 159 Å². The molecule has 1 amide bonds. The molecule has 0 saturated carbocycles. The summed E-state index contributed by atoms with van der Waals surface area (Å²) in [5, 5.41) is 14.0. The summed E-state index contributed by atoms with van der Waals surface area (Å²) in [6.07, 6.45) is 0. The average Bonchev–Trinajstić information content (AvgIpc) is 2.61. The highest BCUT2D eigenvalue weighted by Gasteiger charge is 2.20. The summed E-state index contributed by atoms with van der Waals surface area (Å²) in [5.41, 5.74) is 2.83. The van der Waals surface area contributed by atoms with Crippen molar-refractivity contribution in [3.8, 4) is 0 Å². The fourth-order valence-corrected chi connectivity index (χ4v) is 2.95. The predicted octanol–water partition coefficient (Wildman–Crippen LogP) is 3.00. The van der Waals surface area contributed by atoms with Crippen LogP contribution in [0.4, 0.5) is 11.4 Å². The summed E-state index contributed by atoms with van der Waals surface area (Å²) < 4.78 is 0. The summed E-state index contributed by atoms with van der Waals surface area (Å²) >= 11 is 0. The van der Waals surface area contributed by atoms with E-state index in [0.717, 1.165) is 11.3 Å². The van der Waals surface area contributed by atoms with Crippen molar-refractivity contribution >= 4 is 17.3 Å². The van der Waals surface area contributed by atoms with Gasteiger partial charge in [-0.25, -0.2) is 0 Å². The third-order valence-corrected chi connectivity index (χ3v) is 4.62. The quantitative estimate of drug-likeness (QED) is 0.599. The van der Waals surface area contributed by atoms with Gasteiger partial charge in [0.1, 0.15) is 0 Å². The van der Waals surface area contributed by atoms with Crippen molar-refractivity contribution in [1.82, 2.24) is 10.2 Å². The number of hydrogen-bond donors (Lipinski definition) is 1. The van der Waals surface area contributed by atoms with Crippen LogP contribution in [0.25, 0.3) is 0 Å². The molecule has 2 aromatic rings. The standard InChI is InChI=1S/C20H26N4O3/c1-14-17(7-6-8-18(14)24(26)27)20(25)21-13-19(23(4)5)15-9-11-16(12-10-15)22(2)3/h6-12,19H,13H2,1-5H3,(H,21,25)/t19-/m0/s1. The van der Waals surface area contributed by atoms with Crippen LogP contribution in [0, 0.1) is 17.0 Å². The van der Waals surface area contributed by atoms with Gasteiger partial charge in [0.15, 0.2) is 0 Å². The van der Waals surface area contributed by atoms with E-state index < -0.39 is 4.92 Å². The second kappa shape index (κ2) is 8.64. The summed E-state index contributed by atoms with van der Waals surface area (Å²) in [7, 11) is 7.88. The monoisotopic (exact) mass is 370 g/mol. The Balaban J connectivity index is 2.15. The first-order chi connectivity index (χ1) is 12.7. The number of carbonyl (C=O) groups excluding carboxylic acids is 1. The van der Waals surface area contributed by atoms with Crippen LogP contribution in [0.2, 0.25) is 0 Å². The zero-order chi connectivity index (χ0) is 20.1. The van der Waals surface area contributed by atoms with Gasteiger partial charge in [-0.2, -0.15) is 0 Å². The van der Waals surface area contributed by atoms with E-state index in [9.17, 15) is 14.9 Å². The van der Waals surface area contributed by atoms with E-state index in [4.69, 9.17) is 0 Å². The highest BCUT2D eigenvalue weighted by Crippen LogP contribution is 2.23. The van der Waals surface area contributed by atoms with Crippen LogP contribution in [-0.2, 0) is 0 Å². The zero-order valence-electron chi connectivity index (χ0n) is 16.4. The topological polar surface area (TPSA) is 78.7 Å². The Morgan fingerprint density at radius 3 is 2.26 bits per heavy atom. The number of hydrogen-bond acceptors (Lipinski definition) is 5. The molecule has 1 N–H and O–H groups in total.